The van der Waals surface area contributed by atoms with E-state index in [1.165, 1.54) is 0 Å². The predicted molar refractivity (Wildman–Crippen MR) is 137 cm³/mol. The van der Waals surface area contributed by atoms with Crippen LogP contribution in [0.15, 0.2) is 4.99 Å². The first-order valence-electron chi connectivity index (χ1n) is 13.4. The van der Waals surface area contributed by atoms with Crippen molar-refractivity contribution < 1.29 is 90.0 Å². The molecular weight excluding hydrogens is 640 g/mol. The van der Waals surface area contributed by atoms with Gasteiger partial charge in [-0.25, -0.2) is 33.7 Å². The highest BCUT2D eigenvalue weighted by atomic mass is 17.1. The number of carbonyl (C=O) groups is 3. The van der Waals surface area contributed by atoms with Gasteiger partial charge in [0.15, 0.2) is 5.96 Å². The highest BCUT2D eigenvalue weighted by Crippen LogP contribution is 2.09. The van der Waals surface area contributed by atoms with Crippen LogP contribution in [0, 0.1) is 0 Å². The van der Waals surface area contributed by atoms with Crippen LogP contribution in [0.1, 0.15) is 51.4 Å². The first-order chi connectivity index (χ1) is 21.7. The molecule has 3 atom stereocenters. The second kappa shape index (κ2) is 26.0. The molecule has 26 nitrogen and oxygen atoms in total. The number of carboxylic acids is 1. The first kappa shape index (κ1) is 42.8. The number of rotatable bonds is 26. The molecule has 2 amide bonds. The summed E-state index contributed by atoms with van der Waals surface area (Å²) >= 11 is 0. The minimum atomic E-state index is -1.34. The number of amides is 2. The van der Waals surface area contributed by atoms with Crippen molar-refractivity contribution in [1.82, 2.24) is 32.2 Å². The summed E-state index contributed by atoms with van der Waals surface area (Å²) in [5.41, 5.74) is 5.60. The number of carbonyl (C=O) groups excluding carboxylic acids is 2. The maximum Gasteiger partial charge on any atom is 0.413 e. The van der Waals surface area contributed by atoms with Crippen LogP contribution in [0.3, 0.4) is 0 Å². The van der Waals surface area contributed by atoms with Crippen molar-refractivity contribution >= 4 is 24.1 Å². The summed E-state index contributed by atoms with van der Waals surface area (Å²) < 4.78 is 9.83. The van der Waals surface area contributed by atoms with E-state index < -0.39 is 71.2 Å². The van der Waals surface area contributed by atoms with Gasteiger partial charge in [0.25, 0.3) is 0 Å². The molecule has 0 spiro atoms. The van der Waals surface area contributed by atoms with E-state index in [0.29, 0.717) is 19.3 Å². The van der Waals surface area contributed by atoms with Crippen molar-refractivity contribution in [2.24, 2.45) is 10.7 Å². The Bertz CT molecular complexity index is 870. The number of aliphatic carboxylic acids is 1. The van der Waals surface area contributed by atoms with Crippen LogP contribution in [0.2, 0.25) is 0 Å². The van der Waals surface area contributed by atoms with Gasteiger partial charge in [0.1, 0.15) is 31.5 Å². The van der Waals surface area contributed by atoms with Crippen molar-refractivity contribution in [3.05, 3.63) is 0 Å². The number of alkyl carbamates (subject to hydrolysis) is 2. The molecule has 0 radical (unpaired) electrons. The standard InChI is InChI=1S/C20H42N8O18/c21-18(24-20(32)42-11-4-2-7-15(46-28(39)40)13-44-26(35)36)22-9-5-8-16(17(29)30)23-19(31)41-10-3-1-6-14(45-27(37)38)12-43-25(33)34/h14-16,33-40H,1-13H2,(H,23,31)(H,29,30)(H3,21,22,24,32). The van der Waals surface area contributed by atoms with E-state index >= 15 is 0 Å². The molecule has 0 aliphatic heterocycles. The van der Waals surface area contributed by atoms with Crippen molar-refractivity contribution in [2.45, 2.75) is 69.6 Å². The van der Waals surface area contributed by atoms with Gasteiger partial charge in [-0.05, 0) is 51.4 Å². The molecule has 0 fully saturated rings. The molecule has 0 heterocycles. The number of ether oxygens (including phenoxy) is 2. The molecule has 0 aliphatic carbocycles. The number of carboxylic acid groups (broad SMARTS) is 1. The van der Waals surface area contributed by atoms with Gasteiger partial charge >= 0.3 is 18.2 Å². The molecule has 0 aromatic carbocycles. The van der Waals surface area contributed by atoms with E-state index in [0.717, 1.165) is 0 Å². The quantitative estimate of drug-likeness (QED) is 0.0228. The fraction of sp³-hybridized carbons (Fsp3) is 0.800. The zero-order chi connectivity index (χ0) is 34.9. The molecule has 46 heavy (non-hydrogen) atoms. The summed E-state index contributed by atoms with van der Waals surface area (Å²) in [5, 5.41) is 80.4. The molecule has 270 valence electrons. The molecule has 0 aliphatic rings. The number of nitrogens with zero attached hydrogens (tertiary/aromatic N) is 5. The Kier molecular flexibility index (Phi) is 24.2. The number of guanidine groups is 1. The third kappa shape index (κ3) is 26.1. The van der Waals surface area contributed by atoms with Crippen molar-refractivity contribution in [1.29, 1.82) is 0 Å². The lowest BCUT2D eigenvalue weighted by Crippen LogP contribution is -2.41. The second-order valence-electron chi connectivity index (χ2n) is 8.89. The lowest BCUT2D eigenvalue weighted by Gasteiger charge is -2.19. The minimum absolute atomic E-state index is 0.0156. The number of nitrogens with one attached hydrogen (secondary N) is 2. The Morgan fingerprint density at radius 2 is 1.15 bits per heavy atom. The maximum atomic E-state index is 12.0. The topological polar surface area (TPSA) is 364 Å². The third-order valence-corrected chi connectivity index (χ3v) is 5.30. The Labute approximate surface area is 260 Å². The monoisotopic (exact) mass is 682 g/mol. The molecule has 0 saturated carbocycles. The summed E-state index contributed by atoms with van der Waals surface area (Å²) in [6.07, 6.45) is -2.41. The summed E-state index contributed by atoms with van der Waals surface area (Å²) in [5.74, 6) is -1.65. The summed E-state index contributed by atoms with van der Waals surface area (Å²) in [7, 11) is 0. The third-order valence-electron chi connectivity index (χ3n) is 5.30. The van der Waals surface area contributed by atoms with Gasteiger partial charge in [-0.1, -0.05) is 0 Å². The van der Waals surface area contributed by atoms with Gasteiger partial charge in [-0.2, -0.15) is 0 Å². The zero-order valence-electron chi connectivity index (χ0n) is 24.4. The largest absolute Gasteiger partial charge is 0.480 e. The Balaban J connectivity index is 4.27. The number of nitrogens with two attached hydrogens (primary N) is 1. The lowest BCUT2D eigenvalue weighted by atomic mass is 10.1. The molecule has 0 rings (SSSR count). The van der Waals surface area contributed by atoms with Crippen LogP contribution in [0.5, 0.6) is 0 Å². The fourth-order valence-electron chi connectivity index (χ4n) is 3.29. The van der Waals surface area contributed by atoms with Crippen LogP contribution in [-0.2, 0) is 33.6 Å². The van der Waals surface area contributed by atoms with E-state index in [1.54, 1.807) is 0 Å². The van der Waals surface area contributed by atoms with Gasteiger partial charge in [0, 0.05) is 6.54 Å². The molecule has 26 heteroatoms. The van der Waals surface area contributed by atoms with E-state index in [2.05, 4.69) is 35.0 Å². The van der Waals surface area contributed by atoms with Gasteiger partial charge in [0.05, 0.1) is 34.8 Å². The number of unbranched alkanes of at least 4 members (excludes halogenated alkanes) is 2. The van der Waals surface area contributed by atoms with Crippen LogP contribution in [0.25, 0.3) is 0 Å². The van der Waals surface area contributed by atoms with Gasteiger partial charge in [-0.15, -0.1) is 0 Å². The SMILES string of the molecule is NC(=NCCCC(NC(=O)OCCCCC(CON(O)O)ON(O)O)C(=O)O)NC(=O)OCCCCC(CON(O)O)ON(O)O. The molecular formula is C20H42N8O18. The van der Waals surface area contributed by atoms with E-state index in [-0.39, 0.29) is 57.8 Å². The molecule has 13 N–H and O–H groups in total. The summed E-state index contributed by atoms with van der Waals surface area (Å²) in [6, 6.07) is -1.32. The van der Waals surface area contributed by atoms with E-state index in [4.69, 9.17) is 56.9 Å². The highest BCUT2D eigenvalue weighted by Gasteiger charge is 2.21. The van der Waals surface area contributed by atoms with Crippen molar-refractivity contribution in [3.63, 3.8) is 0 Å². The van der Waals surface area contributed by atoms with Crippen LogP contribution in [0.4, 0.5) is 9.59 Å². The van der Waals surface area contributed by atoms with Gasteiger partial charge < -0.3 is 25.6 Å². The first-order valence-corrected chi connectivity index (χ1v) is 13.4. The maximum absolute atomic E-state index is 12.0. The molecule has 0 aromatic heterocycles. The average Bonchev–Trinajstić information content (AvgIpc) is 2.94. The van der Waals surface area contributed by atoms with Crippen LogP contribution in [-0.4, -0.2) is 144 Å². The van der Waals surface area contributed by atoms with E-state index in [9.17, 15) is 19.5 Å². The fourth-order valence-corrected chi connectivity index (χ4v) is 3.29. The number of hydrogen-bond donors (Lipinski definition) is 12. The normalized spacial score (nSPS) is 14.0. The Hall–Kier alpha value is -3.16. The number of hydrogen-bond acceptors (Lipinski definition) is 22. The molecule has 0 bridgehead atoms. The lowest BCUT2D eigenvalue weighted by molar-refractivity contribution is -0.527. The molecule has 3 unspecified atom stereocenters. The highest BCUT2D eigenvalue weighted by molar-refractivity contribution is 5.92. The van der Waals surface area contributed by atoms with Crippen LogP contribution < -0.4 is 16.4 Å². The average molecular weight is 683 g/mol. The minimum Gasteiger partial charge on any atom is -0.480 e. The zero-order valence-corrected chi connectivity index (χ0v) is 24.4. The number of aliphatic imine (C=N–C) groups is 1. The Morgan fingerprint density at radius 1 is 0.674 bits per heavy atom. The molecule has 0 saturated heterocycles. The van der Waals surface area contributed by atoms with Gasteiger partial charge in [0.2, 0.25) is 0 Å². The summed E-state index contributed by atoms with van der Waals surface area (Å²) in [4.78, 5) is 56.9. The second-order valence-corrected chi connectivity index (χ2v) is 8.89. The van der Waals surface area contributed by atoms with Crippen LogP contribution >= 0.6 is 0 Å². The smallest absolute Gasteiger partial charge is 0.413 e. The predicted octanol–water partition coefficient (Wildman–Crippen LogP) is -0.887. The Morgan fingerprint density at radius 3 is 1.59 bits per heavy atom. The summed E-state index contributed by atoms with van der Waals surface area (Å²) in [6.45, 7) is -1.13. The molecule has 0 aromatic rings. The van der Waals surface area contributed by atoms with Gasteiger partial charge in [-0.3, -0.25) is 52.0 Å². The van der Waals surface area contributed by atoms with E-state index in [1.807, 2.05) is 0 Å². The van der Waals surface area contributed by atoms with Crippen molar-refractivity contribution in [2.75, 3.05) is 33.0 Å². The van der Waals surface area contributed by atoms with Crippen molar-refractivity contribution in [3.8, 4) is 0 Å².